The SMILES string of the molecule is CCCCC/C=C\C1CC1(C=NC(=O)C1CC(COc2cc(OC(C)C)nc3c(OC)c(F)ccc23)CN1C(=O)CNC(=O)c1ccn(C(C)C)n1)C(=O)NS(=O)(=O)C1(C)CC1. The van der Waals surface area contributed by atoms with Crippen LogP contribution < -0.4 is 24.2 Å². The van der Waals surface area contributed by atoms with Gasteiger partial charge in [0.15, 0.2) is 11.6 Å². The fourth-order valence-electron chi connectivity index (χ4n) is 7.50. The number of halogens is 1. The van der Waals surface area contributed by atoms with Crippen molar-refractivity contribution in [1.29, 1.82) is 0 Å². The molecule has 2 aromatic heterocycles. The number of hydrogen-bond acceptors (Lipinski definition) is 11. The van der Waals surface area contributed by atoms with Crippen LogP contribution >= 0.6 is 0 Å². The fraction of sp³-hybridized carbons (Fsp3) is 0.568. The van der Waals surface area contributed by atoms with Crippen LogP contribution in [0.3, 0.4) is 0 Å². The Morgan fingerprint density at radius 2 is 1.87 bits per heavy atom. The predicted octanol–water partition coefficient (Wildman–Crippen LogP) is 5.71. The van der Waals surface area contributed by atoms with E-state index in [9.17, 15) is 32.0 Å². The molecule has 18 heteroatoms. The average Bonchev–Trinajstić information content (AvgIpc) is 4.00. The van der Waals surface area contributed by atoms with E-state index in [2.05, 4.69) is 32.0 Å². The van der Waals surface area contributed by atoms with E-state index in [-0.39, 0.29) is 66.9 Å². The van der Waals surface area contributed by atoms with Crippen molar-refractivity contribution < 1.29 is 46.2 Å². The zero-order valence-electron chi connectivity index (χ0n) is 36.5. The highest BCUT2D eigenvalue weighted by molar-refractivity contribution is 7.91. The van der Waals surface area contributed by atoms with Crippen molar-refractivity contribution in [1.82, 2.24) is 29.7 Å². The standard InChI is InChI=1S/C44H58FN7O9S/c1-8-9-10-11-12-13-30-22-44(30,42(56)50-62(57,58)43(6)17-18-43)26-47-41(55)34-20-29(24-51(34)37(53)23-46-40(54)33-16-19-52(49-33)27(2)3)25-60-35-21-36(61-28(4)5)48-38-31(35)14-15-32(45)39(38)59-7/h12-16,19,21,26-30,34H,8-11,17-18,20,22-25H2,1-7H3,(H,46,54)(H,50,56)/b13-12-,47-26?. The maximum atomic E-state index is 14.8. The van der Waals surface area contributed by atoms with Crippen LogP contribution in [0.1, 0.15) is 109 Å². The second kappa shape index (κ2) is 18.9. The van der Waals surface area contributed by atoms with E-state index in [1.54, 1.807) is 29.9 Å². The molecular formula is C44H58FN7O9S. The van der Waals surface area contributed by atoms with Gasteiger partial charge in [-0.3, -0.25) is 28.6 Å². The number of hydrogen-bond donors (Lipinski definition) is 2. The molecule has 3 fully saturated rings. The van der Waals surface area contributed by atoms with Gasteiger partial charge in [-0.2, -0.15) is 5.10 Å². The molecular weight excluding hydrogens is 822 g/mol. The minimum Gasteiger partial charge on any atom is -0.492 e. The summed E-state index contributed by atoms with van der Waals surface area (Å²) in [6.45, 7) is 10.8. The molecule has 1 aliphatic heterocycles. The molecule has 0 bridgehead atoms. The van der Waals surface area contributed by atoms with Gasteiger partial charge in [0.25, 0.3) is 11.8 Å². The zero-order valence-corrected chi connectivity index (χ0v) is 37.3. The Morgan fingerprint density at radius 1 is 1.11 bits per heavy atom. The molecule has 2 saturated carbocycles. The number of rotatable bonds is 20. The summed E-state index contributed by atoms with van der Waals surface area (Å²) in [4.78, 5) is 64.9. The van der Waals surface area contributed by atoms with Crippen molar-refractivity contribution in [3.8, 4) is 17.4 Å². The molecule has 3 aromatic rings. The van der Waals surface area contributed by atoms with Crippen LogP contribution in [-0.4, -0.2) is 102 Å². The van der Waals surface area contributed by atoms with Gasteiger partial charge in [0, 0.05) is 42.4 Å². The number of likely N-dealkylation sites (tertiary alicyclic amines) is 1. The number of pyridine rings is 1. The van der Waals surface area contributed by atoms with Crippen LogP contribution in [-0.2, 0) is 24.4 Å². The lowest BCUT2D eigenvalue weighted by atomic mass is 10.0. The molecule has 4 atom stereocenters. The van der Waals surface area contributed by atoms with E-state index in [0.717, 1.165) is 25.7 Å². The first-order chi connectivity index (χ1) is 29.4. The lowest BCUT2D eigenvalue weighted by molar-refractivity contribution is -0.136. The largest absolute Gasteiger partial charge is 0.492 e. The van der Waals surface area contributed by atoms with E-state index in [1.165, 1.54) is 30.4 Å². The number of carbonyl (C=O) groups is 4. The number of ether oxygens (including phenoxy) is 3. The summed E-state index contributed by atoms with van der Waals surface area (Å²) in [6.07, 6.45) is 11.6. The third-order valence-corrected chi connectivity index (χ3v) is 13.9. The quantitative estimate of drug-likeness (QED) is 0.0800. The van der Waals surface area contributed by atoms with Crippen LogP contribution in [0.5, 0.6) is 17.4 Å². The Morgan fingerprint density at radius 3 is 2.53 bits per heavy atom. The number of benzene rings is 1. The smallest absolute Gasteiger partial charge is 0.272 e. The molecule has 3 aliphatic rings. The summed E-state index contributed by atoms with van der Waals surface area (Å²) in [6, 6.07) is 4.79. The van der Waals surface area contributed by atoms with Crippen LogP contribution in [0.2, 0.25) is 0 Å². The first-order valence-electron chi connectivity index (χ1n) is 21.3. The zero-order chi connectivity index (χ0) is 45.0. The molecule has 2 aliphatic carbocycles. The second-order valence-corrected chi connectivity index (χ2v) is 19.5. The summed E-state index contributed by atoms with van der Waals surface area (Å²) >= 11 is 0. The van der Waals surface area contributed by atoms with Crippen molar-refractivity contribution in [2.75, 3.05) is 26.8 Å². The number of methoxy groups -OCH3 is 1. The number of fused-ring (bicyclic) bond motifs is 1. The average molecular weight is 880 g/mol. The van der Waals surface area contributed by atoms with Crippen molar-refractivity contribution in [2.45, 2.75) is 116 Å². The van der Waals surface area contributed by atoms with E-state index in [4.69, 9.17) is 14.2 Å². The Kier molecular flexibility index (Phi) is 14.1. The number of aliphatic imine (C=N–C) groups is 1. The molecule has 3 heterocycles. The Bertz CT molecular complexity index is 2340. The monoisotopic (exact) mass is 879 g/mol. The van der Waals surface area contributed by atoms with Gasteiger partial charge in [-0.1, -0.05) is 31.9 Å². The van der Waals surface area contributed by atoms with E-state index >= 15 is 0 Å². The van der Waals surface area contributed by atoms with Gasteiger partial charge in [0.05, 0.1) is 36.5 Å². The Hall–Kier alpha value is -5.39. The maximum absolute atomic E-state index is 14.8. The molecule has 16 nitrogen and oxygen atoms in total. The summed E-state index contributed by atoms with van der Waals surface area (Å²) in [5, 5.41) is 7.33. The van der Waals surface area contributed by atoms with Crippen LogP contribution in [0.25, 0.3) is 10.9 Å². The van der Waals surface area contributed by atoms with Gasteiger partial charge in [-0.05, 0) is 97.3 Å². The molecule has 6 rings (SSSR count). The topological polar surface area (TPSA) is 200 Å². The number of sulfonamides is 1. The highest BCUT2D eigenvalue weighted by Gasteiger charge is 2.60. The van der Waals surface area contributed by atoms with Gasteiger partial charge in [-0.15, -0.1) is 0 Å². The van der Waals surface area contributed by atoms with E-state index in [0.29, 0.717) is 24.0 Å². The van der Waals surface area contributed by atoms with Gasteiger partial charge in [-0.25, -0.2) is 22.8 Å². The molecule has 4 amide bonds. The first-order valence-corrected chi connectivity index (χ1v) is 22.8. The molecule has 336 valence electrons. The van der Waals surface area contributed by atoms with E-state index in [1.807, 2.05) is 39.8 Å². The van der Waals surface area contributed by atoms with Gasteiger partial charge in [0.1, 0.15) is 23.0 Å². The number of unbranched alkanes of at least 4 members (excludes halogenated alkanes) is 3. The summed E-state index contributed by atoms with van der Waals surface area (Å²) in [7, 11) is -2.64. The molecule has 1 aromatic carbocycles. The first kappa shape index (κ1) is 46.1. The number of aromatic nitrogens is 3. The molecule has 4 unspecified atom stereocenters. The van der Waals surface area contributed by atoms with Gasteiger partial charge in [0.2, 0.25) is 27.7 Å². The highest BCUT2D eigenvalue weighted by Crippen LogP contribution is 2.53. The van der Waals surface area contributed by atoms with Crippen LogP contribution in [0, 0.1) is 23.1 Å². The molecule has 0 radical (unpaired) electrons. The summed E-state index contributed by atoms with van der Waals surface area (Å²) < 4.78 is 61.4. The Balaban J connectivity index is 1.24. The van der Waals surface area contributed by atoms with Crippen molar-refractivity contribution in [3.05, 3.63) is 54.1 Å². The minimum absolute atomic E-state index is 0.00403. The third kappa shape index (κ3) is 10.3. The third-order valence-electron chi connectivity index (χ3n) is 11.7. The normalized spacial score (nSPS) is 21.8. The molecule has 0 spiro atoms. The number of nitrogens with zero attached hydrogens (tertiary/aromatic N) is 5. The lowest BCUT2D eigenvalue weighted by Gasteiger charge is -2.22. The number of amides is 4. The molecule has 2 N–H and O–H groups in total. The second-order valence-electron chi connectivity index (χ2n) is 17.3. The molecule has 62 heavy (non-hydrogen) atoms. The number of carbonyl (C=O) groups excluding carboxylic acids is 4. The summed E-state index contributed by atoms with van der Waals surface area (Å²) in [5.41, 5.74) is -1.07. The van der Waals surface area contributed by atoms with Crippen molar-refractivity contribution >= 4 is 50.8 Å². The van der Waals surface area contributed by atoms with Gasteiger partial charge >= 0.3 is 0 Å². The fourth-order valence-corrected chi connectivity index (χ4v) is 8.82. The van der Waals surface area contributed by atoms with Crippen molar-refractivity contribution in [3.63, 3.8) is 0 Å². The Labute approximate surface area is 362 Å². The summed E-state index contributed by atoms with van der Waals surface area (Å²) in [5.74, 6) is -3.62. The van der Waals surface area contributed by atoms with Crippen LogP contribution in [0.4, 0.5) is 4.39 Å². The number of nitrogens with one attached hydrogen (secondary N) is 2. The lowest BCUT2D eigenvalue weighted by Crippen LogP contribution is -2.46. The highest BCUT2D eigenvalue weighted by atomic mass is 32.2. The molecule has 1 saturated heterocycles. The van der Waals surface area contributed by atoms with Crippen molar-refractivity contribution in [2.24, 2.45) is 22.2 Å². The minimum atomic E-state index is -3.98. The van der Waals surface area contributed by atoms with E-state index < -0.39 is 68.1 Å². The van der Waals surface area contributed by atoms with Crippen LogP contribution in [0.15, 0.2) is 47.6 Å². The number of allylic oxidation sites excluding steroid dienone is 2. The predicted molar refractivity (Wildman–Crippen MR) is 230 cm³/mol. The maximum Gasteiger partial charge on any atom is 0.272 e. The van der Waals surface area contributed by atoms with Gasteiger partial charge < -0.3 is 24.4 Å².